The van der Waals surface area contributed by atoms with E-state index >= 15 is 0 Å². The SMILES string of the molecule is COc1ccc(NC(=O)C=Cc2ccc(OC(C)C)c(OC)c2)c(OC)c1. The van der Waals surface area contributed by atoms with Gasteiger partial charge >= 0.3 is 0 Å². The Morgan fingerprint density at radius 2 is 1.67 bits per heavy atom. The first kappa shape index (κ1) is 20.2. The Morgan fingerprint density at radius 1 is 0.926 bits per heavy atom. The highest BCUT2D eigenvalue weighted by Crippen LogP contribution is 2.30. The summed E-state index contributed by atoms with van der Waals surface area (Å²) in [5.74, 6) is 2.17. The number of nitrogens with one attached hydrogen (secondary N) is 1. The fourth-order valence-electron chi connectivity index (χ4n) is 2.39. The number of carbonyl (C=O) groups excluding carboxylic acids is 1. The van der Waals surface area contributed by atoms with Crippen LogP contribution in [0.4, 0.5) is 5.69 Å². The molecule has 0 aliphatic carbocycles. The minimum Gasteiger partial charge on any atom is -0.497 e. The minimum absolute atomic E-state index is 0.0468. The van der Waals surface area contributed by atoms with Gasteiger partial charge in [0.15, 0.2) is 11.5 Å². The molecule has 0 spiro atoms. The summed E-state index contributed by atoms with van der Waals surface area (Å²) in [5.41, 5.74) is 1.38. The van der Waals surface area contributed by atoms with Gasteiger partial charge in [0.25, 0.3) is 0 Å². The van der Waals surface area contributed by atoms with E-state index in [-0.39, 0.29) is 12.0 Å². The van der Waals surface area contributed by atoms with E-state index in [4.69, 9.17) is 18.9 Å². The molecule has 1 N–H and O–H groups in total. The standard InChI is InChI=1S/C21H25NO5/c1-14(2)27-18-10-6-15(12-20(18)26-5)7-11-21(23)22-17-9-8-16(24-3)13-19(17)25-4/h6-14H,1-5H3,(H,22,23). The first-order chi connectivity index (χ1) is 13.0. The number of amides is 1. The van der Waals surface area contributed by atoms with Crippen LogP contribution >= 0.6 is 0 Å². The van der Waals surface area contributed by atoms with Gasteiger partial charge in [-0.25, -0.2) is 0 Å². The molecule has 0 heterocycles. The Labute approximate surface area is 159 Å². The largest absolute Gasteiger partial charge is 0.497 e. The molecule has 0 radical (unpaired) electrons. The van der Waals surface area contributed by atoms with Crippen LogP contribution < -0.4 is 24.3 Å². The van der Waals surface area contributed by atoms with Crippen LogP contribution in [-0.2, 0) is 4.79 Å². The van der Waals surface area contributed by atoms with E-state index in [2.05, 4.69) is 5.32 Å². The molecule has 2 aromatic rings. The third-order valence-corrected chi connectivity index (χ3v) is 3.64. The number of methoxy groups -OCH3 is 3. The summed E-state index contributed by atoms with van der Waals surface area (Å²) < 4.78 is 21.5. The lowest BCUT2D eigenvalue weighted by Gasteiger charge is -2.13. The summed E-state index contributed by atoms with van der Waals surface area (Å²) in [5, 5.41) is 2.79. The van der Waals surface area contributed by atoms with Crippen molar-refractivity contribution >= 4 is 17.7 Å². The molecule has 1 amide bonds. The van der Waals surface area contributed by atoms with Crippen LogP contribution in [-0.4, -0.2) is 33.3 Å². The van der Waals surface area contributed by atoms with Crippen LogP contribution in [0.5, 0.6) is 23.0 Å². The average molecular weight is 371 g/mol. The summed E-state index contributed by atoms with van der Waals surface area (Å²) in [7, 11) is 4.69. The molecule has 0 bridgehead atoms. The van der Waals surface area contributed by atoms with Crippen molar-refractivity contribution in [2.75, 3.05) is 26.6 Å². The molecule has 0 atom stereocenters. The summed E-state index contributed by atoms with van der Waals surface area (Å²) in [4.78, 5) is 12.2. The molecule has 0 saturated heterocycles. The minimum atomic E-state index is -0.278. The zero-order chi connectivity index (χ0) is 19.8. The maximum atomic E-state index is 12.2. The summed E-state index contributed by atoms with van der Waals surface area (Å²) >= 11 is 0. The van der Waals surface area contributed by atoms with E-state index < -0.39 is 0 Å². The van der Waals surface area contributed by atoms with E-state index in [1.54, 1.807) is 38.5 Å². The van der Waals surface area contributed by atoms with Crippen molar-refractivity contribution in [2.45, 2.75) is 20.0 Å². The second-order valence-electron chi connectivity index (χ2n) is 5.97. The number of rotatable bonds is 8. The number of ether oxygens (including phenoxy) is 4. The Bertz CT molecular complexity index is 814. The van der Waals surface area contributed by atoms with Crippen LogP contribution in [0.15, 0.2) is 42.5 Å². The summed E-state index contributed by atoms with van der Waals surface area (Å²) in [6, 6.07) is 10.7. The lowest BCUT2D eigenvalue weighted by molar-refractivity contribution is -0.111. The molecule has 0 aliphatic heterocycles. The molecular formula is C21H25NO5. The number of hydrogen-bond acceptors (Lipinski definition) is 5. The Morgan fingerprint density at radius 3 is 2.30 bits per heavy atom. The van der Waals surface area contributed by atoms with Crippen LogP contribution in [0.3, 0.4) is 0 Å². The second kappa shape index (κ2) is 9.52. The first-order valence-corrected chi connectivity index (χ1v) is 8.52. The van der Waals surface area contributed by atoms with Crippen LogP contribution in [0.25, 0.3) is 6.08 Å². The van der Waals surface area contributed by atoms with Gasteiger partial charge in [-0.2, -0.15) is 0 Å². The third kappa shape index (κ3) is 5.67. The average Bonchev–Trinajstić information content (AvgIpc) is 2.67. The van der Waals surface area contributed by atoms with E-state index in [0.717, 1.165) is 5.56 Å². The second-order valence-corrected chi connectivity index (χ2v) is 5.97. The van der Waals surface area contributed by atoms with E-state index in [0.29, 0.717) is 28.7 Å². The number of hydrogen-bond donors (Lipinski definition) is 1. The number of benzene rings is 2. The molecule has 6 heteroatoms. The maximum absolute atomic E-state index is 12.2. The van der Waals surface area contributed by atoms with Crippen molar-refractivity contribution in [3.63, 3.8) is 0 Å². The number of carbonyl (C=O) groups is 1. The lowest BCUT2D eigenvalue weighted by Crippen LogP contribution is -2.09. The molecule has 2 rings (SSSR count). The zero-order valence-corrected chi connectivity index (χ0v) is 16.2. The topological polar surface area (TPSA) is 66.0 Å². The highest BCUT2D eigenvalue weighted by molar-refractivity contribution is 6.02. The molecule has 144 valence electrons. The third-order valence-electron chi connectivity index (χ3n) is 3.64. The highest BCUT2D eigenvalue weighted by Gasteiger charge is 2.08. The molecule has 6 nitrogen and oxygen atoms in total. The fourth-order valence-corrected chi connectivity index (χ4v) is 2.39. The summed E-state index contributed by atoms with van der Waals surface area (Å²) in [6.45, 7) is 3.90. The van der Waals surface area contributed by atoms with Crippen molar-refractivity contribution in [2.24, 2.45) is 0 Å². The van der Waals surface area contributed by atoms with Crippen LogP contribution in [0.1, 0.15) is 19.4 Å². The van der Waals surface area contributed by atoms with E-state index in [9.17, 15) is 4.79 Å². The van der Waals surface area contributed by atoms with Gasteiger partial charge in [0.1, 0.15) is 11.5 Å². The maximum Gasteiger partial charge on any atom is 0.248 e. The van der Waals surface area contributed by atoms with Crippen LogP contribution in [0, 0.1) is 0 Å². The molecular weight excluding hydrogens is 346 g/mol. The summed E-state index contributed by atoms with van der Waals surface area (Å²) in [6.07, 6.45) is 3.19. The first-order valence-electron chi connectivity index (χ1n) is 8.52. The molecule has 27 heavy (non-hydrogen) atoms. The van der Waals surface area contributed by atoms with Gasteiger partial charge in [0.05, 0.1) is 33.1 Å². The lowest BCUT2D eigenvalue weighted by atomic mass is 10.2. The van der Waals surface area contributed by atoms with Crippen molar-refractivity contribution in [3.05, 3.63) is 48.0 Å². The fraction of sp³-hybridized carbons (Fsp3) is 0.286. The molecule has 0 aromatic heterocycles. The molecule has 0 fully saturated rings. The van der Waals surface area contributed by atoms with Gasteiger partial charge in [0.2, 0.25) is 5.91 Å². The Kier molecular flexibility index (Phi) is 7.11. The Hall–Kier alpha value is -3.15. The van der Waals surface area contributed by atoms with Gasteiger partial charge in [-0.3, -0.25) is 4.79 Å². The molecule has 0 unspecified atom stereocenters. The van der Waals surface area contributed by atoms with E-state index in [1.165, 1.54) is 13.2 Å². The van der Waals surface area contributed by atoms with Gasteiger partial charge in [-0.05, 0) is 49.8 Å². The normalized spacial score (nSPS) is 10.7. The van der Waals surface area contributed by atoms with Crippen molar-refractivity contribution in [3.8, 4) is 23.0 Å². The van der Waals surface area contributed by atoms with Crippen LogP contribution in [0.2, 0.25) is 0 Å². The van der Waals surface area contributed by atoms with Crippen molar-refractivity contribution in [1.82, 2.24) is 0 Å². The van der Waals surface area contributed by atoms with Gasteiger partial charge in [-0.15, -0.1) is 0 Å². The molecule has 2 aromatic carbocycles. The predicted octanol–water partition coefficient (Wildman–Crippen LogP) is 4.15. The highest BCUT2D eigenvalue weighted by atomic mass is 16.5. The quantitative estimate of drug-likeness (QED) is 0.706. The zero-order valence-electron chi connectivity index (χ0n) is 16.2. The van der Waals surface area contributed by atoms with Gasteiger partial charge < -0.3 is 24.3 Å². The molecule has 0 saturated carbocycles. The van der Waals surface area contributed by atoms with Gasteiger partial charge in [-0.1, -0.05) is 6.07 Å². The Balaban J connectivity index is 2.10. The van der Waals surface area contributed by atoms with Gasteiger partial charge in [0, 0.05) is 12.1 Å². The van der Waals surface area contributed by atoms with Crippen molar-refractivity contribution in [1.29, 1.82) is 0 Å². The number of anilines is 1. The monoisotopic (exact) mass is 371 g/mol. The van der Waals surface area contributed by atoms with Crippen molar-refractivity contribution < 1.29 is 23.7 Å². The van der Waals surface area contributed by atoms with E-state index in [1.807, 2.05) is 32.0 Å². The molecule has 0 aliphatic rings. The predicted molar refractivity (Wildman–Crippen MR) is 106 cm³/mol. The smallest absolute Gasteiger partial charge is 0.248 e.